The van der Waals surface area contributed by atoms with Gasteiger partial charge >= 0.3 is 0 Å². The maximum absolute atomic E-state index is 10.3. The quantitative estimate of drug-likeness (QED) is 0.624. The van der Waals surface area contributed by atoms with E-state index in [1.807, 2.05) is 0 Å². The van der Waals surface area contributed by atoms with E-state index in [2.05, 4.69) is 25.7 Å². The lowest BCUT2D eigenvalue weighted by molar-refractivity contribution is -0.108. The van der Waals surface area contributed by atoms with E-state index in [0.717, 1.165) is 12.8 Å². The lowest BCUT2D eigenvalue weighted by Gasteiger charge is -2.34. The minimum absolute atomic E-state index is 0.361. The van der Waals surface area contributed by atoms with Crippen LogP contribution in [-0.2, 0) is 4.79 Å². The van der Waals surface area contributed by atoms with E-state index in [0.29, 0.717) is 17.9 Å². The summed E-state index contributed by atoms with van der Waals surface area (Å²) >= 11 is 0. The number of carbonyl (C=O) groups is 1. The third-order valence-corrected chi connectivity index (χ3v) is 2.90. The van der Waals surface area contributed by atoms with Crippen molar-refractivity contribution in [3.8, 4) is 0 Å². The highest BCUT2D eigenvalue weighted by atomic mass is 16.1. The minimum Gasteiger partial charge on any atom is -0.303 e. The monoisotopic (exact) mass is 183 g/mol. The second kappa shape index (κ2) is 4.23. The average Bonchev–Trinajstić information content (AvgIpc) is 2.47. The molecule has 0 aromatic rings. The van der Waals surface area contributed by atoms with Gasteiger partial charge < -0.3 is 4.79 Å². The fraction of sp³-hybridized carbons (Fsp3) is 0.909. The summed E-state index contributed by atoms with van der Waals surface area (Å²) in [5.74, 6) is 0. The highest BCUT2D eigenvalue weighted by molar-refractivity contribution is 5.49. The van der Waals surface area contributed by atoms with E-state index in [-0.39, 0.29) is 0 Å². The summed E-state index contributed by atoms with van der Waals surface area (Å²) in [5.41, 5.74) is 0.361. The highest BCUT2D eigenvalue weighted by Gasteiger charge is 2.33. The average molecular weight is 183 g/mol. The summed E-state index contributed by atoms with van der Waals surface area (Å²) in [5, 5.41) is 0. The zero-order valence-corrected chi connectivity index (χ0v) is 9.05. The predicted molar refractivity (Wildman–Crippen MR) is 54.7 cm³/mol. The summed E-state index contributed by atoms with van der Waals surface area (Å²) in [6.45, 7) is 8.99. The summed E-state index contributed by atoms with van der Waals surface area (Å²) in [6.07, 6.45) is 4.30. The van der Waals surface area contributed by atoms with Crippen LogP contribution in [0.25, 0.3) is 0 Å². The highest BCUT2D eigenvalue weighted by Crippen LogP contribution is 2.32. The molecule has 1 rings (SSSR count). The Hall–Kier alpha value is -0.370. The Kier molecular flexibility index (Phi) is 3.48. The molecule has 0 N–H and O–H groups in total. The van der Waals surface area contributed by atoms with Crippen molar-refractivity contribution in [1.82, 2.24) is 4.90 Å². The predicted octanol–water partition coefficient (Wildman–Crippen LogP) is 2.09. The molecule has 0 aromatic heterocycles. The second-order valence-electron chi connectivity index (χ2n) is 5.02. The van der Waals surface area contributed by atoms with Crippen LogP contribution in [0, 0.1) is 5.41 Å². The van der Waals surface area contributed by atoms with Gasteiger partial charge in [0.05, 0.1) is 0 Å². The molecule has 0 bridgehead atoms. The molecule has 2 heteroatoms. The maximum Gasteiger partial charge on any atom is 0.121 e. The SMILES string of the molecule is CC(C)(C)C1CCCN1CCC=O. The number of likely N-dealkylation sites (tertiary alicyclic amines) is 1. The lowest BCUT2D eigenvalue weighted by atomic mass is 9.85. The van der Waals surface area contributed by atoms with Gasteiger partial charge in [-0.25, -0.2) is 0 Å². The molecule has 1 aliphatic rings. The molecule has 2 nitrogen and oxygen atoms in total. The van der Waals surface area contributed by atoms with E-state index < -0.39 is 0 Å². The van der Waals surface area contributed by atoms with E-state index in [4.69, 9.17) is 0 Å². The molecule has 1 saturated heterocycles. The van der Waals surface area contributed by atoms with E-state index in [1.165, 1.54) is 19.4 Å². The number of rotatable bonds is 3. The van der Waals surface area contributed by atoms with E-state index >= 15 is 0 Å². The van der Waals surface area contributed by atoms with Gasteiger partial charge in [-0.3, -0.25) is 4.90 Å². The summed E-state index contributed by atoms with van der Waals surface area (Å²) in [4.78, 5) is 12.8. The molecule has 1 aliphatic heterocycles. The first-order valence-electron chi connectivity index (χ1n) is 5.23. The third kappa shape index (κ3) is 2.80. The molecule has 1 heterocycles. The number of nitrogens with zero attached hydrogens (tertiary/aromatic N) is 1. The van der Waals surface area contributed by atoms with Crippen molar-refractivity contribution in [2.45, 2.75) is 46.1 Å². The van der Waals surface area contributed by atoms with Crippen molar-refractivity contribution >= 4 is 6.29 Å². The largest absolute Gasteiger partial charge is 0.303 e. The topological polar surface area (TPSA) is 20.3 Å². The molecule has 0 aliphatic carbocycles. The summed E-state index contributed by atoms with van der Waals surface area (Å²) < 4.78 is 0. The molecule has 76 valence electrons. The first-order valence-corrected chi connectivity index (χ1v) is 5.23. The second-order valence-corrected chi connectivity index (χ2v) is 5.02. The Morgan fingerprint density at radius 2 is 2.15 bits per heavy atom. The van der Waals surface area contributed by atoms with Crippen molar-refractivity contribution in [3.05, 3.63) is 0 Å². The number of carbonyl (C=O) groups excluding carboxylic acids is 1. The van der Waals surface area contributed by atoms with Crippen LogP contribution in [0.3, 0.4) is 0 Å². The van der Waals surface area contributed by atoms with Crippen LogP contribution in [0.1, 0.15) is 40.0 Å². The summed E-state index contributed by atoms with van der Waals surface area (Å²) in [7, 11) is 0. The van der Waals surface area contributed by atoms with Crippen LogP contribution in [-0.4, -0.2) is 30.3 Å². The normalized spacial score (nSPS) is 25.0. The third-order valence-electron chi connectivity index (χ3n) is 2.90. The fourth-order valence-electron chi connectivity index (χ4n) is 2.29. The molecule has 0 aromatic carbocycles. The number of hydrogen-bond donors (Lipinski definition) is 0. The molecular weight excluding hydrogens is 162 g/mol. The molecule has 0 radical (unpaired) electrons. The van der Waals surface area contributed by atoms with Crippen LogP contribution in [0.15, 0.2) is 0 Å². The lowest BCUT2D eigenvalue weighted by Crippen LogP contribution is -2.39. The van der Waals surface area contributed by atoms with E-state index in [9.17, 15) is 4.79 Å². The van der Waals surface area contributed by atoms with Crippen molar-refractivity contribution in [1.29, 1.82) is 0 Å². The van der Waals surface area contributed by atoms with Gasteiger partial charge in [-0.05, 0) is 24.8 Å². The Balaban J connectivity index is 2.48. The van der Waals surface area contributed by atoms with Gasteiger partial charge in [-0.1, -0.05) is 20.8 Å². The molecule has 0 saturated carbocycles. The van der Waals surface area contributed by atoms with Gasteiger partial charge in [0.1, 0.15) is 6.29 Å². The van der Waals surface area contributed by atoms with Crippen molar-refractivity contribution in [2.24, 2.45) is 5.41 Å². The molecule has 1 unspecified atom stereocenters. The van der Waals surface area contributed by atoms with Crippen LogP contribution >= 0.6 is 0 Å². The van der Waals surface area contributed by atoms with Crippen molar-refractivity contribution in [3.63, 3.8) is 0 Å². The van der Waals surface area contributed by atoms with Gasteiger partial charge in [-0.2, -0.15) is 0 Å². The Labute approximate surface area is 81.3 Å². The minimum atomic E-state index is 0.361. The number of hydrogen-bond acceptors (Lipinski definition) is 2. The molecule has 1 atom stereocenters. The van der Waals surface area contributed by atoms with Crippen molar-refractivity contribution in [2.75, 3.05) is 13.1 Å². The van der Waals surface area contributed by atoms with Gasteiger partial charge in [0.15, 0.2) is 0 Å². The number of aldehydes is 1. The molecule has 1 fully saturated rings. The summed E-state index contributed by atoms with van der Waals surface area (Å²) in [6, 6.07) is 0.674. The Bertz CT molecular complexity index is 171. The van der Waals surface area contributed by atoms with Crippen molar-refractivity contribution < 1.29 is 4.79 Å². The maximum atomic E-state index is 10.3. The van der Waals surface area contributed by atoms with Gasteiger partial charge in [0, 0.05) is 19.0 Å². The fourth-order valence-corrected chi connectivity index (χ4v) is 2.29. The van der Waals surface area contributed by atoms with Crippen LogP contribution in [0.2, 0.25) is 0 Å². The van der Waals surface area contributed by atoms with Gasteiger partial charge in [0.2, 0.25) is 0 Å². The van der Waals surface area contributed by atoms with Gasteiger partial charge in [-0.15, -0.1) is 0 Å². The zero-order valence-electron chi connectivity index (χ0n) is 9.05. The Morgan fingerprint density at radius 3 is 2.69 bits per heavy atom. The van der Waals surface area contributed by atoms with Crippen LogP contribution < -0.4 is 0 Å². The van der Waals surface area contributed by atoms with Crippen LogP contribution in [0.5, 0.6) is 0 Å². The first kappa shape index (κ1) is 10.7. The molecule has 0 amide bonds. The Morgan fingerprint density at radius 1 is 1.46 bits per heavy atom. The molecule has 13 heavy (non-hydrogen) atoms. The van der Waals surface area contributed by atoms with E-state index in [1.54, 1.807) is 0 Å². The standard InChI is InChI=1S/C11H21NO/c1-11(2,3)10-6-4-7-12(10)8-5-9-13/h9-10H,4-8H2,1-3H3. The zero-order chi connectivity index (χ0) is 9.90. The smallest absolute Gasteiger partial charge is 0.121 e. The molecule has 0 spiro atoms. The first-order chi connectivity index (χ1) is 6.05. The molecular formula is C11H21NO. The van der Waals surface area contributed by atoms with Crippen LogP contribution in [0.4, 0.5) is 0 Å². The van der Waals surface area contributed by atoms with Gasteiger partial charge in [0.25, 0.3) is 0 Å².